The number of benzene rings is 2. The van der Waals surface area contributed by atoms with Crippen LogP contribution in [0.15, 0.2) is 48.5 Å². The second kappa shape index (κ2) is 12.4. The van der Waals surface area contributed by atoms with E-state index in [-0.39, 0.29) is 35.8 Å². The van der Waals surface area contributed by atoms with Gasteiger partial charge in [0.1, 0.15) is 5.75 Å². The van der Waals surface area contributed by atoms with Gasteiger partial charge in [-0.2, -0.15) is 5.10 Å². The minimum Gasteiger partial charge on any atom is -0.506 e. The van der Waals surface area contributed by atoms with Crippen LogP contribution in [0.5, 0.6) is 5.75 Å². The predicted molar refractivity (Wildman–Crippen MR) is 143 cm³/mol. The van der Waals surface area contributed by atoms with Crippen molar-refractivity contribution in [1.82, 2.24) is 15.5 Å². The van der Waals surface area contributed by atoms with Gasteiger partial charge in [0, 0.05) is 23.8 Å². The van der Waals surface area contributed by atoms with E-state index in [1.54, 1.807) is 6.07 Å². The number of amides is 3. The lowest BCUT2D eigenvalue weighted by Crippen LogP contribution is -2.43. The van der Waals surface area contributed by atoms with Crippen LogP contribution < -0.4 is 21.7 Å². The van der Waals surface area contributed by atoms with Crippen LogP contribution in [-0.2, 0) is 24.1 Å². The van der Waals surface area contributed by atoms with Gasteiger partial charge in [0.2, 0.25) is 5.91 Å². The number of carbonyl (C=O) groups excluding carboxylic acids is 2. The van der Waals surface area contributed by atoms with Gasteiger partial charge in [0.05, 0.1) is 18.2 Å². The van der Waals surface area contributed by atoms with Gasteiger partial charge in [0.15, 0.2) is 5.82 Å². The number of aromatic hydroxyl groups is 1. The van der Waals surface area contributed by atoms with E-state index in [1.165, 1.54) is 12.1 Å². The number of phenolic OH excluding ortho intramolecular Hbond substituents is 1. The normalized spacial score (nSPS) is 12.2. The summed E-state index contributed by atoms with van der Waals surface area (Å²) in [7, 11) is 0. The maximum Gasteiger partial charge on any atom is 0.316 e. The Balaban J connectivity index is 1.55. The molecule has 198 valence electrons. The molecule has 0 radical (unpaired) electrons. The molecule has 3 rings (SSSR count). The number of nitrogens with one attached hydrogen (secondary N) is 4. The summed E-state index contributed by atoms with van der Waals surface area (Å²) in [6.07, 6.45) is 1.91. The molecule has 0 aliphatic heterocycles. The Morgan fingerprint density at radius 1 is 1.11 bits per heavy atom. The van der Waals surface area contributed by atoms with Crippen molar-refractivity contribution in [2.24, 2.45) is 5.73 Å². The van der Waals surface area contributed by atoms with E-state index in [0.29, 0.717) is 17.8 Å². The average molecular weight is 509 g/mol. The number of urea groups is 1. The Morgan fingerprint density at radius 2 is 1.86 bits per heavy atom. The van der Waals surface area contributed by atoms with E-state index in [4.69, 9.17) is 5.73 Å². The lowest BCUT2D eigenvalue weighted by molar-refractivity contribution is -0.115. The number of phenols is 1. The third kappa shape index (κ3) is 8.62. The molecule has 10 nitrogen and oxygen atoms in total. The Bertz CT molecular complexity index is 1220. The molecular weight excluding hydrogens is 472 g/mol. The highest BCUT2D eigenvalue weighted by Gasteiger charge is 2.21. The summed E-state index contributed by atoms with van der Waals surface area (Å²) in [6, 6.07) is 13.4. The first-order valence-electron chi connectivity index (χ1n) is 12.3. The number of aliphatic hydroxyl groups excluding tert-OH is 1. The number of aryl methyl sites for hydroxylation is 1. The SMILES string of the molecule is CCCc1cc(NC(=O)Cc2cccc(CC(C)(C)NCC(O)c3ccc(O)c(NC(N)=O)c3)c2)n[nH]1. The number of β-amino-alcohol motifs (C(OH)–C–C–N with tert-alkyl or cyclic N) is 1. The van der Waals surface area contributed by atoms with E-state index in [9.17, 15) is 19.8 Å². The zero-order valence-electron chi connectivity index (χ0n) is 21.5. The molecule has 0 aliphatic rings. The van der Waals surface area contributed by atoms with E-state index in [1.807, 2.05) is 44.2 Å². The highest BCUT2D eigenvalue weighted by Crippen LogP contribution is 2.27. The Labute approximate surface area is 216 Å². The van der Waals surface area contributed by atoms with Crippen molar-refractivity contribution >= 4 is 23.4 Å². The maximum atomic E-state index is 12.5. The number of aromatic nitrogens is 2. The highest BCUT2D eigenvalue weighted by atomic mass is 16.3. The third-order valence-corrected chi connectivity index (χ3v) is 5.86. The van der Waals surface area contributed by atoms with E-state index in [0.717, 1.165) is 29.7 Å². The number of aliphatic hydroxyl groups is 1. The number of rotatable bonds is 12. The quantitative estimate of drug-likeness (QED) is 0.185. The molecule has 0 saturated heterocycles. The number of anilines is 2. The van der Waals surface area contributed by atoms with Crippen LogP contribution in [0.1, 0.15) is 55.7 Å². The standard InChI is InChI=1S/C27H36N6O4/c1-4-6-20-14-24(33-32-20)31-25(36)12-17-7-5-8-18(11-17)15-27(2,3)29-16-23(35)19-9-10-22(34)21(13-19)30-26(28)37/h5,7-11,13-14,23,29,34-35H,4,6,12,15-16H2,1-3H3,(H3,28,30,37)(H2,31,32,33,36). The molecule has 0 spiro atoms. The molecule has 0 aliphatic carbocycles. The topological polar surface area (TPSA) is 165 Å². The van der Waals surface area contributed by atoms with Gasteiger partial charge in [-0.25, -0.2) is 4.79 Å². The number of nitrogens with two attached hydrogens (primary N) is 1. The number of aromatic amines is 1. The first kappa shape index (κ1) is 27.7. The van der Waals surface area contributed by atoms with Gasteiger partial charge in [0.25, 0.3) is 0 Å². The number of nitrogens with zero attached hydrogens (tertiary/aromatic N) is 1. The second-order valence-electron chi connectivity index (χ2n) is 9.80. The van der Waals surface area contributed by atoms with Gasteiger partial charge in [-0.15, -0.1) is 0 Å². The molecule has 0 fully saturated rings. The fourth-order valence-corrected chi connectivity index (χ4v) is 4.10. The van der Waals surface area contributed by atoms with Crippen molar-refractivity contribution in [3.05, 3.63) is 70.9 Å². The average Bonchev–Trinajstić information content (AvgIpc) is 3.25. The monoisotopic (exact) mass is 508 g/mol. The zero-order chi connectivity index (χ0) is 27.0. The van der Waals surface area contributed by atoms with Gasteiger partial charge < -0.3 is 31.9 Å². The molecule has 1 heterocycles. The van der Waals surface area contributed by atoms with Crippen LogP contribution in [0.25, 0.3) is 0 Å². The predicted octanol–water partition coefficient (Wildman–Crippen LogP) is 3.38. The van der Waals surface area contributed by atoms with Crippen LogP contribution in [-0.4, -0.2) is 44.4 Å². The minimum absolute atomic E-state index is 0.133. The summed E-state index contributed by atoms with van der Waals surface area (Å²) in [5.41, 5.74) is 8.37. The molecule has 2 aromatic carbocycles. The molecule has 3 aromatic rings. The first-order valence-corrected chi connectivity index (χ1v) is 12.3. The number of H-pyrrole nitrogens is 1. The largest absolute Gasteiger partial charge is 0.506 e. The summed E-state index contributed by atoms with van der Waals surface area (Å²) in [4.78, 5) is 23.6. The number of carbonyl (C=O) groups is 2. The van der Waals surface area contributed by atoms with Gasteiger partial charge in [-0.1, -0.05) is 43.7 Å². The lowest BCUT2D eigenvalue weighted by Gasteiger charge is -2.28. The molecule has 0 saturated carbocycles. The summed E-state index contributed by atoms with van der Waals surface area (Å²) in [6.45, 7) is 6.39. The number of hydrogen-bond acceptors (Lipinski definition) is 6. The van der Waals surface area contributed by atoms with Crippen molar-refractivity contribution in [3.8, 4) is 5.75 Å². The van der Waals surface area contributed by atoms with Gasteiger partial charge >= 0.3 is 6.03 Å². The molecule has 3 amide bonds. The van der Waals surface area contributed by atoms with E-state index in [2.05, 4.69) is 33.1 Å². The smallest absolute Gasteiger partial charge is 0.316 e. The summed E-state index contributed by atoms with van der Waals surface area (Å²) in [5.74, 6) is 0.258. The fourth-order valence-electron chi connectivity index (χ4n) is 4.10. The van der Waals surface area contributed by atoms with Crippen LogP contribution in [0, 0.1) is 0 Å². The minimum atomic E-state index is -0.872. The van der Waals surface area contributed by atoms with Crippen molar-refractivity contribution in [2.75, 3.05) is 17.2 Å². The van der Waals surface area contributed by atoms with Crippen molar-refractivity contribution in [3.63, 3.8) is 0 Å². The molecule has 1 unspecified atom stereocenters. The molecule has 1 atom stereocenters. The highest BCUT2D eigenvalue weighted by molar-refractivity contribution is 5.91. The molecule has 0 bridgehead atoms. The van der Waals surface area contributed by atoms with Crippen molar-refractivity contribution in [1.29, 1.82) is 0 Å². The Hall–Kier alpha value is -3.89. The summed E-state index contributed by atoms with van der Waals surface area (Å²) < 4.78 is 0. The fraction of sp³-hybridized carbons (Fsp3) is 0.370. The van der Waals surface area contributed by atoms with Crippen LogP contribution >= 0.6 is 0 Å². The molecule has 8 N–H and O–H groups in total. The number of hydrogen-bond donors (Lipinski definition) is 7. The Morgan fingerprint density at radius 3 is 2.59 bits per heavy atom. The van der Waals surface area contributed by atoms with Crippen LogP contribution in [0.3, 0.4) is 0 Å². The molecular formula is C27H36N6O4. The lowest BCUT2D eigenvalue weighted by atomic mass is 9.93. The Kier molecular flexibility index (Phi) is 9.26. The van der Waals surface area contributed by atoms with Crippen LogP contribution in [0.2, 0.25) is 0 Å². The maximum absolute atomic E-state index is 12.5. The second-order valence-corrected chi connectivity index (χ2v) is 9.80. The van der Waals surface area contributed by atoms with E-state index >= 15 is 0 Å². The first-order chi connectivity index (χ1) is 17.5. The van der Waals surface area contributed by atoms with Crippen LogP contribution in [0.4, 0.5) is 16.3 Å². The zero-order valence-corrected chi connectivity index (χ0v) is 21.5. The summed E-state index contributed by atoms with van der Waals surface area (Å²) >= 11 is 0. The van der Waals surface area contributed by atoms with Crippen molar-refractivity contribution in [2.45, 2.75) is 58.1 Å². The number of primary amides is 1. The molecule has 1 aromatic heterocycles. The van der Waals surface area contributed by atoms with Gasteiger partial charge in [-0.05, 0) is 55.5 Å². The third-order valence-electron chi connectivity index (χ3n) is 5.86. The molecule has 37 heavy (non-hydrogen) atoms. The van der Waals surface area contributed by atoms with Crippen molar-refractivity contribution < 1.29 is 19.8 Å². The van der Waals surface area contributed by atoms with Gasteiger partial charge in [-0.3, -0.25) is 9.89 Å². The van der Waals surface area contributed by atoms with E-state index < -0.39 is 12.1 Å². The summed E-state index contributed by atoms with van der Waals surface area (Å²) in [5, 5.41) is 36.1. The molecule has 10 heteroatoms.